The average molecular weight is 340 g/mol. The first kappa shape index (κ1) is 16.6. The van der Waals surface area contributed by atoms with Gasteiger partial charge in [-0.25, -0.2) is 5.43 Å². The number of aromatic nitrogens is 3. The van der Waals surface area contributed by atoms with Gasteiger partial charge in [-0.15, -0.1) is 4.68 Å². The highest BCUT2D eigenvalue weighted by atomic mass is 16.6. The van der Waals surface area contributed by atoms with Gasteiger partial charge in [0.05, 0.1) is 16.7 Å². The van der Waals surface area contributed by atoms with Crippen molar-refractivity contribution < 1.29 is 14.4 Å². The highest BCUT2D eigenvalue weighted by Gasteiger charge is 2.28. The molecular formula is C17H18N5O3+. The number of aryl methyl sites for hydroxylation is 2. The van der Waals surface area contributed by atoms with E-state index >= 15 is 0 Å². The molecule has 3 rings (SSSR count). The number of imidazole rings is 1. The van der Waals surface area contributed by atoms with Crippen LogP contribution in [0.3, 0.4) is 0 Å². The van der Waals surface area contributed by atoms with Crippen LogP contribution in [-0.2, 0) is 0 Å². The van der Waals surface area contributed by atoms with E-state index < -0.39 is 4.92 Å². The summed E-state index contributed by atoms with van der Waals surface area (Å²) in [6.07, 6.45) is 1.19. The number of nitrogens with zero attached hydrogens (tertiary/aromatic N) is 4. The summed E-state index contributed by atoms with van der Waals surface area (Å²) in [4.78, 5) is 26.8. The minimum absolute atomic E-state index is 0.160. The lowest BCUT2D eigenvalue weighted by Crippen LogP contribution is -2.45. The Morgan fingerprint density at radius 3 is 2.48 bits per heavy atom. The standard InChI is InChI=1S/C17H18N5O3/c1-10-6-5-7-11(2)16(10)19-21-12(3)20(13(4)23)15-8-14(22(24)25)9-18-17(15)21/h5-9,19H,1-4H3/q+1. The van der Waals surface area contributed by atoms with Crippen LogP contribution in [0.2, 0.25) is 0 Å². The number of carbonyl (C=O) groups is 1. The molecule has 0 atom stereocenters. The van der Waals surface area contributed by atoms with Crippen LogP contribution in [0.25, 0.3) is 11.2 Å². The maximum absolute atomic E-state index is 12.1. The van der Waals surface area contributed by atoms with Crippen molar-refractivity contribution in [3.8, 4) is 0 Å². The highest BCUT2D eigenvalue weighted by Crippen LogP contribution is 2.21. The second-order valence-corrected chi connectivity index (χ2v) is 5.91. The zero-order valence-corrected chi connectivity index (χ0v) is 14.4. The average Bonchev–Trinajstić information content (AvgIpc) is 2.82. The predicted molar refractivity (Wildman–Crippen MR) is 92.6 cm³/mol. The van der Waals surface area contributed by atoms with Crippen LogP contribution in [0, 0.1) is 30.9 Å². The van der Waals surface area contributed by atoms with Crippen LogP contribution in [0.5, 0.6) is 0 Å². The zero-order valence-electron chi connectivity index (χ0n) is 14.4. The van der Waals surface area contributed by atoms with Crippen molar-refractivity contribution in [3.05, 3.63) is 57.5 Å². The molecule has 1 N–H and O–H groups in total. The van der Waals surface area contributed by atoms with E-state index in [-0.39, 0.29) is 11.6 Å². The number of pyridine rings is 1. The largest absolute Gasteiger partial charge is 0.325 e. The van der Waals surface area contributed by atoms with Gasteiger partial charge >= 0.3 is 11.3 Å². The lowest BCUT2D eigenvalue weighted by atomic mass is 10.1. The van der Waals surface area contributed by atoms with Gasteiger partial charge < -0.3 is 0 Å². The van der Waals surface area contributed by atoms with E-state index in [2.05, 4.69) is 10.4 Å². The van der Waals surface area contributed by atoms with E-state index in [0.29, 0.717) is 17.0 Å². The summed E-state index contributed by atoms with van der Waals surface area (Å²) in [5.74, 6) is 0.338. The molecule has 8 heteroatoms. The summed E-state index contributed by atoms with van der Waals surface area (Å²) in [5.41, 5.74) is 6.94. The zero-order chi connectivity index (χ0) is 18.3. The van der Waals surface area contributed by atoms with Crippen molar-refractivity contribution in [1.82, 2.24) is 9.55 Å². The Kier molecular flexibility index (Phi) is 3.96. The lowest BCUT2D eigenvalue weighted by Gasteiger charge is -2.11. The molecule has 0 aliphatic rings. The van der Waals surface area contributed by atoms with E-state index in [9.17, 15) is 14.9 Å². The van der Waals surface area contributed by atoms with Crippen molar-refractivity contribution in [2.45, 2.75) is 27.7 Å². The summed E-state index contributed by atoms with van der Waals surface area (Å²) in [6, 6.07) is 7.29. The molecule has 1 aromatic carbocycles. The van der Waals surface area contributed by atoms with Crippen LogP contribution in [-0.4, -0.2) is 20.4 Å². The minimum atomic E-state index is -0.525. The van der Waals surface area contributed by atoms with E-state index in [0.717, 1.165) is 16.8 Å². The topological polar surface area (TPSA) is 93.9 Å². The molecular weight excluding hydrogens is 322 g/mol. The Morgan fingerprint density at radius 1 is 1.28 bits per heavy atom. The summed E-state index contributed by atoms with van der Waals surface area (Å²) >= 11 is 0. The highest BCUT2D eigenvalue weighted by molar-refractivity contribution is 5.87. The number of fused-ring (bicyclic) bond motifs is 1. The predicted octanol–water partition coefficient (Wildman–Crippen LogP) is 2.69. The summed E-state index contributed by atoms with van der Waals surface area (Å²) in [6.45, 7) is 7.13. The Morgan fingerprint density at radius 2 is 1.92 bits per heavy atom. The Bertz CT molecular complexity index is 1000. The number of carbonyl (C=O) groups excluding carboxylic acids is 1. The van der Waals surface area contributed by atoms with E-state index in [4.69, 9.17) is 0 Å². The van der Waals surface area contributed by atoms with Crippen molar-refractivity contribution in [2.75, 3.05) is 5.43 Å². The van der Waals surface area contributed by atoms with Gasteiger partial charge in [0.1, 0.15) is 0 Å². The van der Waals surface area contributed by atoms with Crippen LogP contribution in [0.15, 0.2) is 30.5 Å². The molecule has 0 amide bonds. The molecule has 0 saturated heterocycles. The molecule has 0 aliphatic heterocycles. The van der Waals surface area contributed by atoms with Gasteiger partial charge in [0.25, 0.3) is 5.91 Å². The quantitative estimate of drug-likeness (QED) is 0.449. The molecule has 0 spiro atoms. The third kappa shape index (κ3) is 2.71. The monoisotopic (exact) mass is 340 g/mol. The molecule has 3 aromatic rings. The number of nitrogens with one attached hydrogen (secondary N) is 1. The number of anilines is 1. The molecule has 2 heterocycles. The van der Waals surface area contributed by atoms with E-state index in [1.54, 1.807) is 11.6 Å². The maximum Gasteiger partial charge on any atom is 0.325 e. The van der Waals surface area contributed by atoms with Gasteiger partial charge in [-0.2, -0.15) is 4.57 Å². The summed E-state index contributed by atoms with van der Waals surface area (Å²) in [5, 5.41) is 11.0. The fraction of sp³-hybridized carbons (Fsp3) is 0.235. The van der Waals surface area contributed by atoms with Gasteiger partial charge in [-0.05, 0) is 25.0 Å². The minimum Gasteiger partial charge on any atom is -0.258 e. The molecule has 2 aromatic heterocycles. The molecule has 0 fully saturated rings. The van der Waals surface area contributed by atoms with Gasteiger partial charge in [-0.1, -0.05) is 23.2 Å². The van der Waals surface area contributed by atoms with Gasteiger partial charge in [0, 0.05) is 13.8 Å². The van der Waals surface area contributed by atoms with Crippen molar-refractivity contribution in [3.63, 3.8) is 0 Å². The van der Waals surface area contributed by atoms with Gasteiger partial charge in [0.15, 0.2) is 11.7 Å². The molecule has 128 valence electrons. The molecule has 0 radical (unpaired) electrons. The van der Waals surface area contributed by atoms with Crippen molar-refractivity contribution in [2.24, 2.45) is 0 Å². The van der Waals surface area contributed by atoms with Crippen LogP contribution in [0.4, 0.5) is 11.4 Å². The van der Waals surface area contributed by atoms with Crippen molar-refractivity contribution >= 4 is 28.4 Å². The fourth-order valence-electron chi connectivity index (χ4n) is 2.93. The van der Waals surface area contributed by atoms with Crippen LogP contribution >= 0.6 is 0 Å². The fourth-order valence-corrected chi connectivity index (χ4v) is 2.93. The first-order valence-electron chi connectivity index (χ1n) is 7.73. The van der Waals surface area contributed by atoms with Crippen molar-refractivity contribution in [1.29, 1.82) is 0 Å². The number of rotatable bonds is 3. The Balaban J connectivity index is 2.27. The van der Waals surface area contributed by atoms with Gasteiger partial charge in [0.2, 0.25) is 5.82 Å². The molecule has 25 heavy (non-hydrogen) atoms. The number of para-hydroxylation sites is 1. The number of hydrogen-bond donors (Lipinski definition) is 1. The summed E-state index contributed by atoms with van der Waals surface area (Å²) < 4.78 is 3.09. The normalized spacial score (nSPS) is 10.9. The second-order valence-electron chi connectivity index (χ2n) is 5.91. The molecule has 0 aliphatic carbocycles. The SMILES string of the molecule is CC(=O)n1c(C)[n+](Nc2c(C)cccc2C)c2ncc([N+](=O)[O-])cc21. The number of hydrogen-bond acceptors (Lipinski definition) is 5. The summed E-state index contributed by atoms with van der Waals surface area (Å²) in [7, 11) is 0. The van der Waals surface area contributed by atoms with E-state index in [1.807, 2.05) is 32.0 Å². The first-order valence-corrected chi connectivity index (χ1v) is 7.73. The molecule has 0 unspecified atom stereocenters. The first-order chi connectivity index (χ1) is 11.8. The van der Waals surface area contributed by atoms with Crippen LogP contribution in [0.1, 0.15) is 28.7 Å². The smallest absolute Gasteiger partial charge is 0.258 e. The lowest BCUT2D eigenvalue weighted by molar-refractivity contribution is -0.624. The molecule has 0 bridgehead atoms. The number of benzene rings is 1. The maximum atomic E-state index is 12.1. The van der Waals surface area contributed by atoms with E-state index in [1.165, 1.54) is 23.8 Å². The molecule has 0 saturated carbocycles. The Hall–Kier alpha value is -3.29. The third-order valence-electron chi connectivity index (χ3n) is 4.16. The Labute approximate surface area is 143 Å². The van der Waals surface area contributed by atoms with Gasteiger partial charge in [-0.3, -0.25) is 14.9 Å². The number of nitro groups is 1. The van der Waals surface area contributed by atoms with Crippen LogP contribution < -0.4 is 10.1 Å². The second kappa shape index (κ2) is 5.97. The molecule has 8 nitrogen and oxygen atoms in total. The third-order valence-corrected chi connectivity index (χ3v) is 4.16.